The predicted octanol–water partition coefficient (Wildman–Crippen LogP) is 3.66. The van der Waals surface area contributed by atoms with Gasteiger partial charge in [-0.1, -0.05) is 12.1 Å². The van der Waals surface area contributed by atoms with Crippen LogP contribution in [0.4, 0.5) is 36.3 Å². The number of hydrogen-bond donors (Lipinski definition) is 2. The third-order valence-electron chi connectivity index (χ3n) is 3.26. The molecule has 0 amide bonds. The van der Waals surface area contributed by atoms with Crippen LogP contribution in [0.5, 0.6) is 0 Å². The van der Waals surface area contributed by atoms with Gasteiger partial charge in [0.25, 0.3) is 0 Å². The van der Waals surface area contributed by atoms with Crippen LogP contribution in [0.2, 0.25) is 0 Å². The van der Waals surface area contributed by atoms with Crippen molar-refractivity contribution < 1.29 is 13.2 Å². The Bertz CT molecular complexity index is 698. The first-order valence-corrected chi connectivity index (χ1v) is 6.90. The number of aromatic nitrogens is 2. The highest BCUT2D eigenvalue weighted by Gasteiger charge is 2.35. The second-order valence-electron chi connectivity index (χ2n) is 5.19. The Morgan fingerprint density at radius 2 is 1.87 bits per heavy atom. The number of para-hydroxylation sites is 1. The van der Waals surface area contributed by atoms with E-state index in [4.69, 9.17) is 0 Å². The average molecular weight is 325 g/mol. The van der Waals surface area contributed by atoms with E-state index in [-0.39, 0.29) is 11.8 Å². The van der Waals surface area contributed by atoms with Crippen LogP contribution in [-0.4, -0.2) is 31.1 Å². The van der Waals surface area contributed by atoms with Gasteiger partial charge in [-0.15, -0.1) is 0 Å². The third-order valence-corrected chi connectivity index (χ3v) is 3.26. The van der Waals surface area contributed by atoms with Gasteiger partial charge in [-0.05, 0) is 18.6 Å². The zero-order valence-corrected chi connectivity index (χ0v) is 13.3. The number of hydrogen-bond acceptors (Lipinski definition) is 5. The molecule has 8 heteroatoms. The molecule has 1 heterocycles. The first-order chi connectivity index (χ1) is 10.7. The monoisotopic (exact) mass is 325 g/mol. The molecule has 124 valence electrons. The summed E-state index contributed by atoms with van der Waals surface area (Å²) in [5.74, 6) is -0.176. The zero-order valence-electron chi connectivity index (χ0n) is 13.3. The van der Waals surface area contributed by atoms with Crippen LogP contribution < -0.4 is 15.5 Å². The van der Waals surface area contributed by atoms with Crippen LogP contribution in [0.1, 0.15) is 11.1 Å². The summed E-state index contributed by atoms with van der Waals surface area (Å²) in [6.07, 6.45) is -3.73. The lowest BCUT2D eigenvalue weighted by Crippen LogP contribution is -2.14. The lowest BCUT2D eigenvalue weighted by molar-refractivity contribution is -0.137. The molecule has 23 heavy (non-hydrogen) atoms. The molecule has 0 saturated heterocycles. The van der Waals surface area contributed by atoms with E-state index in [1.165, 1.54) is 7.05 Å². The van der Waals surface area contributed by atoms with Crippen molar-refractivity contribution in [2.45, 2.75) is 13.1 Å². The molecule has 1 aromatic heterocycles. The lowest BCUT2D eigenvalue weighted by atomic mass is 10.1. The molecule has 0 fully saturated rings. The molecule has 0 aliphatic carbocycles. The van der Waals surface area contributed by atoms with E-state index in [9.17, 15) is 13.2 Å². The number of aryl methyl sites for hydroxylation is 1. The minimum absolute atomic E-state index is 0.0936. The molecule has 1 aromatic carbocycles. The molecule has 0 spiro atoms. The van der Waals surface area contributed by atoms with Crippen LogP contribution in [-0.2, 0) is 6.18 Å². The summed E-state index contributed by atoms with van der Waals surface area (Å²) in [7, 11) is 5.17. The summed E-state index contributed by atoms with van der Waals surface area (Å²) in [5.41, 5.74) is 1.77. The van der Waals surface area contributed by atoms with Crippen molar-refractivity contribution in [3.63, 3.8) is 0 Å². The third kappa shape index (κ3) is 3.64. The van der Waals surface area contributed by atoms with E-state index in [0.29, 0.717) is 0 Å². The van der Waals surface area contributed by atoms with E-state index >= 15 is 0 Å². The maximum atomic E-state index is 12.9. The predicted molar refractivity (Wildman–Crippen MR) is 85.4 cm³/mol. The first kappa shape index (κ1) is 16.9. The fourth-order valence-electron chi connectivity index (χ4n) is 2.31. The summed E-state index contributed by atoms with van der Waals surface area (Å²) >= 11 is 0. The Morgan fingerprint density at radius 1 is 1.17 bits per heavy atom. The molecule has 0 saturated carbocycles. The second kappa shape index (κ2) is 6.31. The number of halogens is 3. The molecule has 2 N–H and O–H groups in total. The number of benzene rings is 1. The maximum absolute atomic E-state index is 12.9. The van der Waals surface area contributed by atoms with Crippen LogP contribution in [0, 0.1) is 6.92 Å². The van der Waals surface area contributed by atoms with E-state index in [1.54, 1.807) is 0 Å². The van der Waals surface area contributed by atoms with Gasteiger partial charge >= 0.3 is 6.18 Å². The maximum Gasteiger partial charge on any atom is 0.421 e. The van der Waals surface area contributed by atoms with Crippen LogP contribution in [0.25, 0.3) is 0 Å². The normalized spacial score (nSPS) is 11.3. The Hall–Kier alpha value is -2.51. The van der Waals surface area contributed by atoms with Gasteiger partial charge in [-0.25, -0.2) is 4.98 Å². The van der Waals surface area contributed by atoms with Crippen molar-refractivity contribution in [1.82, 2.24) is 9.97 Å². The molecule has 2 aromatic rings. The Balaban J connectivity index is 2.41. The minimum atomic E-state index is -4.50. The molecule has 5 nitrogen and oxygen atoms in total. The van der Waals surface area contributed by atoms with Crippen molar-refractivity contribution in [3.05, 3.63) is 35.5 Å². The fourth-order valence-corrected chi connectivity index (χ4v) is 2.31. The van der Waals surface area contributed by atoms with Gasteiger partial charge in [0.1, 0.15) is 11.4 Å². The Morgan fingerprint density at radius 3 is 2.43 bits per heavy atom. The molecule has 0 aliphatic heterocycles. The number of nitrogens with one attached hydrogen (secondary N) is 2. The highest BCUT2D eigenvalue weighted by atomic mass is 19.4. The van der Waals surface area contributed by atoms with Gasteiger partial charge in [0, 0.05) is 27.3 Å². The van der Waals surface area contributed by atoms with Crippen molar-refractivity contribution in [1.29, 1.82) is 0 Å². The van der Waals surface area contributed by atoms with Crippen molar-refractivity contribution in [3.8, 4) is 0 Å². The Labute approximate surface area is 132 Å². The SMILES string of the molecule is CNc1nc(Nc2cccc(C)c2N(C)C)ncc1C(F)(F)F. The lowest BCUT2D eigenvalue weighted by Gasteiger charge is -2.20. The van der Waals surface area contributed by atoms with E-state index in [0.717, 1.165) is 23.1 Å². The molecule has 0 aliphatic rings. The smallest absolute Gasteiger partial charge is 0.376 e. The summed E-state index contributed by atoms with van der Waals surface area (Å²) < 4.78 is 38.6. The summed E-state index contributed by atoms with van der Waals surface area (Å²) in [6.45, 7) is 1.95. The standard InChI is InChI=1S/C15H18F3N5/c1-9-6-5-7-11(12(9)23(3)4)21-14-20-8-10(15(16,17)18)13(19-2)22-14/h5-8H,1-4H3,(H2,19,20,21,22). The van der Waals surface area contributed by atoms with Crippen LogP contribution in [0.3, 0.4) is 0 Å². The molecular formula is C15H18F3N5. The molecule has 0 atom stereocenters. The number of anilines is 4. The summed E-state index contributed by atoms with van der Waals surface area (Å²) in [6, 6.07) is 5.63. The molecule has 0 unspecified atom stereocenters. The topological polar surface area (TPSA) is 53.1 Å². The molecular weight excluding hydrogens is 307 g/mol. The highest BCUT2D eigenvalue weighted by molar-refractivity contribution is 5.76. The average Bonchev–Trinajstić information content (AvgIpc) is 2.45. The summed E-state index contributed by atoms with van der Waals surface area (Å²) in [4.78, 5) is 9.61. The first-order valence-electron chi connectivity index (χ1n) is 6.90. The molecule has 0 bridgehead atoms. The van der Waals surface area contributed by atoms with Gasteiger partial charge in [-0.3, -0.25) is 0 Å². The number of rotatable bonds is 4. The van der Waals surface area contributed by atoms with Crippen LogP contribution in [0.15, 0.2) is 24.4 Å². The van der Waals surface area contributed by atoms with Gasteiger partial charge in [0.2, 0.25) is 5.95 Å². The van der Waals surface area contributed by atoms with Crippen molar-refractivity contribution >= 4 is 23.1 Å². The quantitative estimate of drug-likeness (QED) is 0.898. The Kier molecular flexibility index (Phi) is 4.63. The fraction of sp³-hybridized carbons (Fsp3) is 0.333. The minimum Gasteiger partial charge on any atom is -0.376 e. The van der Waals surface area contributed by atoms with Crippen LogP contribution >= 0.6 is 0 Å². The van der Waals surface area contributed by atoms with Gasteiger partial charge in [-0.2, -0.15) is 18.2 Å². The van der Waals surface area contributed by atoms with E-state index < -0.39 is 11.7 Å². The highest BCUT2D eigenvalue weighted by Crippen LogP contribution is 2.35. The molecule has 2 rings (SSSR count). The second-order valence-corrected chi connectivity index (χ2v) is 5.19. The van der Waals surface area contributed by atoms with Crippen molar-refractivity contribution in [2.24, 2.45) is 0 Å². The number of nitrogens with zero attached hydrogens (tertiary/aromatic N) is 3. The van der Waals surface area contributed by atoms with E-state index in [1.807, 2.05) is 44.1 Å². The largest absolute Gasteiger partial charge is 0.421 e. The van der Waals surface area contributed by atoms with Gasteiger partial charge < -0.3 is 15.5 Å². The van der Waals surface area contributed by atoms with Gasteiger partial charge in [0.05, 0.1) is 11.4 Å². The van der Waals surface area contributed by atoms with E-state index in [2.05, 4.69) is 20.6 Å². The molecule has 0 radical (unpaired) electrons. The van der Waals surface area contributed by atoms with Crippen molar-refractivity contribution in [2.75, 3.05) is 36.7 Å². The van der Waals surface area contributed by atoms with Gasteiger partial charge in [0.15, 0.2) is 0 Å². The number of alkyl halides is 3. The zero-order chi connectivity index (χ0) is 17.2. The summed E-state index contributed by atoms with van der Waals surface area (Å²) in [5, 5.41) is 5.43.